The molecule has 0 bridgehead atoms. The molecule has 7 nitrogen and oxygen atoms in total. The Morgan fingerprint density at radius 1 is 1.22 bits per heavy atom. The van der Waals surface area contributed by atoms with Crippen LogP contribution >= 0.6 is 11.3 Å². The second-order valence-corrected chi connectivity index (χ2v) is 8.78. The maximum atomic E-state index is 12.6. The molecule has 0 aliphatic rings. The summed E-state index contributed by atoms with van der Waals surface area (Å²) in [5.41, 5.74) is 2.44. The highest BCUT2D eigenvalue weighted by Crippen LogP contribution is 2.25. The minimum Gasteiger partial charge on any atom is -0.493 e. The second-order valence-electron chi connectivity index (χ2n) is 7.55. The summed E-state index contributed by atoms with van der Waals surface area (Å²) in [4.78, 5) is 23.9. The predicted molar refractivity (Wildman–Crippen MR) is 125 cm³/mol. The van der Waals surface area contributed by atoms with Crippen LogP contribution in [0.3, 0.4) is 0 Å². The Morgan fingerprint density at radius 3 is 2.84 bits per heavy atom. The monoisotopic (exact) mass is 450 g/mol. The highest BCUT2D eigenvalue weighted by Gasteiger charge is 2.22. The van der Waals surface area contributed by atoms with E-state index in [-0.39, 0.29) is 18.1 Å². The number of imidazole rings is 1. The first kappa shape index (κ1) is 22.0. The van der Waals surface area contributed by atoms with Gasteiger partial charge in [-0.2, -0.15) is 0 Å². The van der Waals surface area contributed by atoms with Crippen LogP contribution in [-0.4, -0.2) is 39.6 Å². The third-order valence-electron chi connectivity index (χ3n) is 5.15. The number of fused-ring (bicyclic) bond motifs is 1. The molecule has 2 N–H and O–H groups in total. The van der Waals surface area contributed by atoms with E-state index in [1.54, 1.807) is 11.3 Å². The molecule has 4 aromatic rings. The number of hydrogen-bond donors (Lipinski definition) is 2. The third-order valence-corrected chi connectivity index (χ3v) is 6.10. The molecule has 0 radical (unpaired) electrons. The van der Waals surface area contributed by atoms with Gasteiger partial charge in [0.15, 0.2) is 0 Å². The summed E-state index contributed by atoms with van der Waals surface area (Å²) in [6, 6.07) is 15.7. The number of thiazole rings is 1. The van der Waals surface area contributed by atoms with Crippen LogP contribution in [0.2, 0.25) is 0 Å². The lowest BCUT2D eigenvalue weighted by Crippen LogP contribution is -2.44. The van der Waals surface area contributed by atoms with Crippen LogP contribution in [0.4, 0.5) is 0 Å². The zero-order valence-corrected chi connectivity index (χ0v) is 18.9. The molecule has 0 fully saturated rings. The molecule has 166 valence electrons. The zero-order valence-electron chi connectivity index (χ0n) is 18.1. The summed E-state index contributed by atoms with van der Waals surface area (Å²) in [5.74, 6) is 0.543. The maximum Gasteiger partial charge on any atom is 0.269 e. The maximum absolute atomic E-state index is 12.6. The van der Waals surface area contributed by atoms with Gasteiger partial charge in [-0.25, -0.2) is 9.97 Å². The molecular weight excluding hydrogens is 424 g/mol. The van der Waals surface area contributed by atoms with Gasteiger partial charge in [-0.05, 0) is 31.5 Å². The first-order valence-electron chi connectivity index (χ1n) is 10.5. The third kappa shape index (κ3) is 5.72. The molecule has 0 saturated carbocycles. The van der Waals surface area contributed by atoms with Crippen LogP contribution in [0, 0.1) is 6.92 Å². The molecule has 0 spiro atoms. The van der Waals surface area contributed by atoms with Crippen LogP contribution in [0.15, 0.2) is 61.1 Å². The quantitative estimate of drug-likeness (QED) is 0.371. The molecule has 0 unspecified atom stereocenters. The molecule has 2 aromatic heterocycles. The Balaban J connectivity index is 1.38. The molecule has 0 saturated heterocycles. The molecule has 2 aromatic carbocycles. The van der Waals surface area contributed by atoms with Gasteiger partial charge in [-0.1, -0.05) is 30.3 Å². The Hall–Kier alpha value is -3.23. The van der Waals surface area contributed by atoms with Gasteiger partial charge in [0.25, 0.3) is 5.91 Å². The van der Waals surface area contributed by atoms with E-state index < -0.39 is 0 Å². The number of aromatic nitrogens is 3. The number of carbonyl (C=O) groups is 1. The van der Waals surface area contributed by atoms with Crippen LogP contribution < -0.4 is 10.1 Å². The average Bonchev–Trinajstić information content (AvgIpc) is 3.46. The molecule has 0 aliphatic heterocycles. The lowest BCUT2D eigenvalue weighted by molar-refractivity contribution is 0.0212. The first-order valence-corrected chi connectivity index (χ1v) is 11.3. The van der Waals surface area contributed by atoms with E-state index in [1.807, 2.05) is 62.4 Å². The van der Waals surface area contributed by atoms with Crippen molar-refractivity contribution in [3.8, 4) is 5.75 Å². The molecule has 4 rings (SSSR count). The fourth-order valence-electron chi connectivity index (χ4n) is 3.38. The first-order chi connectivity index (χ1) is 15.6. The smallest absolute Gasteiger partial charge is 0.269 e. The van der Waals surface area contributed by atoms with Gasteiger partial charge in [0, 0.05) is 12.5 Å². The van der Waals surface area contributed by atoms with E-state index in [1.165, 1.54) is 12.5 Å². The highest BCUT2D eigenvalue weighted by atomic mass is 32.1. The van der Waals surface area contributed by atoms with Crippen molar-refractivity contribution in [3.63, 3.8) is 0 Å². The largest absolute Gasteiger partial charge is 0.493 e. The summed E-state index contributed by atoms with van der Waals surface area (Å²) < 4.78 is 13.2. The second kappa shape index (κ2) is 10.4. The van der Waals surface area contributed by atoms with Gasteiger partial charge in [-0.15, -0.1) is 11.3 Å². The Kier molecular flexibility index (Phi) is 7.14. The average molecular weight is 451 g/mol. The molecule has 8 heteroatoms. The predicted octanol–water partition coefficient (Wildman–Crippen LogP) is 4.50. The SMILES string of the molecule is Cc1nc2cc(OCC[C@@H](NC(=O)c3cnc[nH]3)[C@H](C)OCc3ccccc3)ccc2s1. The minimum absolute atomic E-state index is 0.214. The number of benzene rings is 2. The number of H-pyrrole nitrogens is 1. The van der Waals surface area contributed by atoms with Gasteiger partial charge in [0.2, 0.25) is 0 Å². The van der Waals surface area contributed by atoms with Gasteiger partial charge in [0.1, 0.15) is 11.4 Å². The minimum atomic E-state index is -0.236. The fourth-order valence-corrected chi connectivity index (χ4v) is 4.19. The summed E-state index contributed by atoms with van der Waals surface area (Å²) in [7, 11) is 0. The number of ether oxygens (including phenoxy) is 2. The van der Waals surface area contributed by atoms with E-state index in [0.717, 1.165) is 26.5 Å². The van der Waals surface area contributed by atoms with Crippen molar-refractivity contribution < 1.29 is 14.3 Å². The molecule has 32 heavy (non-hydrogen) atoms. The summed E-state index contributed by atoms with van der Waals surface area (Å²) >= 11 is 1.66. The van der Waals surface area contributed by atoms with E-state index >= 15 is 0 Å². The van der Waals surface area contributed by atoms with Gasteiger partial charge in [0.05, 0.1) is 53.1 Å². The number of rotatable bonds is 10. The van der Waals surface area contributed by atoms with Crippen LogP contribution in [-0.2, 0) is 11.3 Å². The highest BCUT2D eigenvalue weighted by molar-refractivity contribution is 7.18. The van der Waals surface area contributed by atoms with E-state index in [2.05, 4.69) is 20.3 Å². The number of aromatic amines is 1. The lowest BCUT2D eigenvalue weighted by atomic mass is 10.1. The van der Waals surface area contributed by atoms with Crippen molar-refractivity contribution in [2.75, 3.05) is 6.61 Å². The van der Waals surface area contributed by atoms with E-state index in [9.17, 15) is 4.79 Å². The van der Waals surface area contributed by atoms with Crippen molar-refractivity contribution in [1.29, 1.82) is 0 Å². The number of nitrogens with zero attached hydrogens (tertiary/aromatic N) is 2. The summed E-state index contributed by atoms with van der Waals surface area (Å²) in [5, 5.41) is 4.08. The lowest BCUT2D eigenvalue weighted by Gasteiger charge is -2.25. The molecule has 2 heterocycles. The number of amides is 1. The zero-order chi connectivity index (χ0) is 22.3. The van der Waals surface area contributed by atoms with Crippen molar-refractivity contribution in [2.24, 2.45) is 0 Å². The number of nitrogens with one attached hydrogen (secondary N) is 2. The molecule has 2 atom stereocenters. The van der Waals surface area contributed by atoms with Crippen molar-refractivity contribution in [2.45, 2.75) is 39.0 Å². The van der Waals surface area contributed by atoms with Gasteiger partial charge < -0.3 is 19.8 Å². The standard InChI is InChI=1S/C24H26N4O3S/c1-16(31-14-18-6-4-3-5-7-18)20(28-24(29)22-13-25-15-26-22)10-11-30-19-8-9-23-21(12-19)27-17(2)32-23/h3-9,12-13,15-16,20H,10-11,14H2,1-2H3,(H,25,26)(H,28,29)/t16-,20+/m0/s1. The molecular formula is C24H26N4O3S. The van der Waals surface area contributed by atoms with Gasteiger partial charge >= 0.3 is 0 Å². The van der Waals surface area contributed by atoms with Crippen LogP contribution in [0.1, 0.15) is 34.4 Å². The topological polar surface area (TPSA) is 89.1 Å². The van der Waals surface area contributed by atoms with Gasteiger partial charge in [-0.3, -0.25) is 4.79 Å². The van der Waals surface area contributed by atoms with Crippen molar-refractivity contribution in [1.82, 2.24) is 20.3 Å². The number of carbonyl (C=O) groups excluding carboxylic acids is 1. The van der Waals surface area contributed by atoms with E-state index in [4.69, 9.17) is 9.47 Å². The number of aryl methyl sites for hydroxylation is 1. The Bertz CT molecular complexity index is 1140. The fraction of sp³-hybridized carbons (Fsp3) is 0.292. The normalized spacial score (nSPS) is 13.1. The van der Waals surface area contributed by atoms with Crippen molar-refractivity contribution in [3.05, 3.63) is 77.3 Å². The summed E-state index contributed by atoms with van der Waals surface area (Å²) in [6.45, 7) is 4.86. The van der Waals surface area contributed by atoms with Crippen LogP contribution in [0.25, 0.3) is 10.2 Å². The number of hydrogen-bond acceptors (Lipinski definition) is 6. The van der Waals surface area contributed by atoms with Crippen molar-refractivity contribution >= 4 is 27.5 Å². The Morgan fingerprint density at radius 2 is 2.06 bits per heavy atom. The molecule has 0 aliphatic carbocycles. The van der Waals surface area contributed by atoms with Crippen LogP contribution in [0.5, 0.6) is 5.75 Å². The van der Waals surface area contributed by atoms with E-state index in [0.29, 0.717) is 25.3 Å². The summed E-state index contributed by atoms with van der Waals surface area (Å²) in [6.07, 6.45) is 3.36. The molecule has 1 amide bonds. The Labute approximate surface area is 190 Å².